The van der Waals surface area contributed by atoms with Gasteiger partial charge in [0.15, 0.2) is 0 Å². The van der Waals surface area contributed by atoms with E-state index in [4.69, 9.17) is 0 Å². The summed E-state index contributed by atoms with van der Waals surface area (Å²) in [5, 5.41) is 4.00. The van der Waals surface area contributed by atoms with Crippen molar-refractivity contribution in [1.29, 1.82) is 0 Å². The topological polar surface area (TPSA) is 27.6 Å². The Labute approximate surface area is 74.8 Å². The van der Waals surface area contributed by atoms with Crippen LogP contribution in [0.3, 0.4) is 0 Å². The zero-order chi connectivity index (χ0) is 8.81. The molecule has 1 heterocycles. The molecule has 0 unspecified atom stereocenters. The van der Waals surface area contributed by atoms with E-state index in [1.165, 1.54) is 25.9 Å². The predicted octanol–water partition coefficient (Wildman–Crippen LogP) is 0.923. The van der Waals surface area contributed by atoms with Gasteiger partial charge in [-0.25, -0.2) is 0 Å². The van der Waals surface area contributed by atoms with Crippen molar-refractivity contribution in [3.05, 3.63) is 0 Å². The number of hydrazone groups is 1. The third-order valence-electron chi connectivity index (χ3n) is 2.44. The van der Waals surface area contributed by atoms with Gasteiger partial charge in [0.25, 0.3) is 0 Å². The standard InChI is InChI=1S/C9H19N3/c1-3-10-11-8-9-4-6-12(2)7-5-9/h3,9,11H,4-8H2,1-2H3/b10-3-. The predicted molar refractivity (Wildman–Crippen MR) is 52.4 cm³/mol. The molecule has 1 aliphatic rings. The van der Waals surface area contributed by atoms with Crippen LogP contribution in [0.5, 0.6) is 0 Å². The maximum atomic E-state index is 4.00. The lowest BCUT2D eigenvalue weighted by Crippen LogP contribution is -2.33. The van der Waals surface area contributed by atoms with Gasteiger partial charge in [-0.15, -0.1) is 0 Å². The molecule has 0 saturated carbocycles. The van der Waals surface area contributed by atoms with E-state index < -0.39 is 0 Å². The highest BCUT2D eigenvalue weighted by Gasteiger charge is 2.15. The minimum atomic E-state index is 0.824. The van der Waals surface area contributed by atoms with E-state index in [0.717, 1.165) is 12.5 Å². The number of hydrogen-bond acceptors (Lipinski definition) is 3. The van der Waals surface area contributed by atoms with E-state index in [-0.39, 0.29) is 0 Å². The van der Waals surface area contributed by atoms with E-state index in [1.807, 2.05) is 6.92 Å². The van der Waals surface area contributed by atoms with Crippen molar-refractivity contribution in [3.63, 3.8) is 0 Å². The minimum Gasteiger partial charge on any atom is -0.310 e. The highest BCUT2D eigenvalue weighted by atomic mass is 15.3. The van der Waals surface area contributed by atoms with Crippen molar-refractivity contribution in [2.45, 2.75) is 19.8 Å². The third kappa shape index (κ3) is 3.22. The minimum absolute atomic E-state index is 0.824. The molecule has 12 heavy (non-hydrogen) atoms. The number of nitrogens with one attached hydrogen (secondary N) is 1. The van der Waals surface area contributed by atoms with Crippen molar-refractivity contribution in [1.82, 2.24) is 10.3 Å². The average molecular weight is 169 g/mol. The van der Waals surface area contributed by atoms with E-state index >= 15 is 0 Å². The second kappa shape index (κ2) is 5.14. The Kier molecular flexibility index (Phi) is 4.08. The van der Waals surface area contributed by atoms with Crippen LogP contribution in [0.1, 0.15) is 19.8 Å². The van der Waals surface area contributed by atoms with Crippen LogP contribution < -0.4 is 5.43 Å². The molecule has 0 amide bonds. The van der Waals surface area contributed by atoms with Gasteiger partial charge in [0, 0.05) is 12.8 Å². The van der Waals surface area contributed by atoms with Gasteiger partial charge in [0.05, 0.1) is 0 Å². The summed E-state index contributed by atoms with van der Waals surface area (Å²) in [5.74, 6) is 0.824. The number of hydrogen-bond donors (Lipinski definition) is 1. The zero-order valence-electron chi connectivity index (χ0n) is 8.08. The lowest BCUT2D eigenvalue weighted by molar-refractivity contribution is 0.217. The molecular weight excluding hydrogens is 150 g/mol. The number of rotatable bonds is 3. The van der Waals surface area contributed by atoms with Crippen LogP contribution in [0, 0.1) is 5.92 Å². The summed E-state index contributed by atoms with van der Waals surface area (Å²) < 4.78 is 0. The summed E-state index contributed by atoms with van der Waals surface area (Å²) in [7, 11) is 2.19. The van der Waals surface area contributed by atoms with E-state index in [0.29, 0.717) is 0 Å². The molecule has 3 nitrogen and oxygen atoms in total. The van der Waals surface area contributed by atoms with Gasteiger partial charge in [0.2, 0.25) is 0 Å². The number of likely N-dealkylation sites (tertiary alicyclic amines) is 1. The lowest BCUT2D eigenvalue weighted by Gasteiger charge is -2.28. The van der Waals surface area contributed by atoms with Crippen LogP contribution in [0.25, 0.3) is 0 Å². The van der Waals surface area contributed by atoms with Gasteiger partial charge in [0.1, 0.15) is 0 Å². The second-order valence-electron chi connectivity index (χ2n) is 3.50. The molecule has 1 saturated heterocycles. The molecule has 1 N–H and O–H groups in total. The Bertz CT molecular complexity index is 137. The van der Waals surface area contributed by atoms with Crippen molar-refractivity contribution < 1.29 is 0 Å². The molecule has 0 spiro atoms. The first-order valence-electron chi connectivity index (χ1n) is 4.72. The van der Waals surface area contributed by atoms with Gasteiger partial charge >= 0.3 is 0 Å². The molecule has 0 atom stereocenters. The van der Waals surface area contributed by atoms with Crippen molar-refractivity contribution in [3.8, 4) is 0 Å². The smallest absolute Gasteiger partial charge is 0.0358 e. The maximum Gasteiger partial charge on any atom is 0.0358 e. The van der Waals surface area contributed by atoms with E-state index in [9.17, 15) is 0 Å². The van der Waals surface area contributed by atoms with E-state index in [2.05, 4.69) is 22.5 Å². The first-order chi connectivity index (χ1) is 5.83. The SMILES string of the molecule is C/C=N\NCC1CCN(C)CC1. The molecule has 1 rings (SSSR count). The van der Waals surface area contributed by atoms with Crippen LogP contribution >= 0.6 is 0 Å². The van der Waals surface area contributed by atoms with Gasteiger partial charge in [-0.05, 0) is 45.8 Å². The molecule has 0 radical (unpaired) electrons. The molecule has 0 aromatic carbocycles. The second-order valence-corrected chi connectivity index (χ2v) is 3.50. The molecule has 1 fully saturated rings. The van der Waals surface area contributed by atoms with Crippen LogP contribution in [0.4, 0.5) is 0 Å². The summed E-state index contributed by atoms with van der Waals surface area (Å²) in [5.41, 5.74) is 3.07. The van der Waals surface area contributed by atoms with E-state index in [1.54, 1.807) is 6.21 Å². The molecule has 70 valence electrons. The fourth-order valence-electron chi connectivity index (χ4n) is 1.54. The third-order valence-corrected chi connectivity index (χ3v) is 2.44. The first-order valence-corrected chi connectivity index (χ1v) is 4.72. The maximum absolute atomic E-state index is 4.00. The van der Waals surface area contributed by atoms with Crippen LogP contribution in [-0.2, 0) is 0 Å². The Morgan fingerprint density at radius 2 is 2.17 bits per heavy atom. The summed E-state index contributed by atoms with van der Waals surface area (Å²) in [6, 6.07) is 0. The summed E-state index contributed by atoms with van der Waals surface area (Å²) in [6.07, 6.45) is 4.42. The Balaban J connectivity index is 2.09. The summed E-state index contributed by atoms with van der Waals surface area (Å²) in [6.45, 7) is 5.45. The highest BCUT2D eigenvalue weighted by molar-refractivity contribution is 5.52. The molecule has 1 aliphatic heterocycles. The fraction of sp³-hybridized carbons (Fsp3) is 0.889. The Hall–Kier alpha value is -0.570. The summed E-state index contributed by atoms with van der Waals surface area (Å²) in [4.78, 5) is 2.39. The van der Waals surface area contributed by atoms with Gasteiger partial charge in [-0.1, -0.05) is 0 Å². The molecular formula is C9H19N3. The lowest BCUT2D eigenvalue weighted by atomic mass is 9.97. The quantitative estimate of drug-likeness (QED) is 0.502. The number of nitrogens with zero attached hydrogens (tertiary/aromatic N) is 2. The van der Waals surface area contributed by atoms with Gasteiger partial charge in [-0.3, -0.25) is 0 Å². The molecule has 3 heteroatoms. The van der Waals surface area contributed by atoms with Crippen LogP contribution in [-0.4, -0.2) is 37.8 Å². The summed E-state index contributed by atoms with van der Waals surface area (Å²) >= 11 is 0. The molecule has 0 aromatic rings. The van der Waals surface area contributed by atoms with Crippen LogP contribution in [0.2, 0.25) is 0 Å². The Morgan fingerprint density at radius 3 is 2.75 bits per heavy atom. The molecule has 0 aromatic heterocycles. The average Bonchev–Trinajstić information content (AvgIpc) is 2.09. The fourth-order valence-corrected chi connectivity index (χ4v) is 1.54. The molecule has 0 aliphatic carbocycles. The largest absolute Gasteiger partial charge is 0.310 e. The van der Waals surface area contributed by atoms with Gasteiger partial charge < -0.3 is 10.3 Å². The monoisotopic (exact) mass is 169 g/mol. The molecule has 0 bridgehead atoms. The Morgan fingerprint density at radius 1 is 1.50 bits per heavy atom. The number of piperidine rings is 1. The van der Waals surface area contributed by atoms with Crippen molar-refractivity contribution >= 4 is 6.21 Å². The van der Waals surface area contributed by atoms with Crippen molar-refractivity contribution in [2.75, 3.05) is 26.7 Å². The first kappa shape index (κ1) is 9.52. The van der Waals surface area contributed by atoms with Gasteiger partial charge in [-0.2, -0.15) is 5.10 Å². The normalized spacial score (nSPS) is 21.8. The zero-order valence-corrected chi connectivity index (χ0v) is 8.08. The highest BCUT2D eigenvalue weighted by Crippen LogP contribution is 2.14. The van der Waals surface area contributed by atoms with Crippen molar-refractivity contribution in [2.24, 2.45) is 11.0 Å². The van der Waals surface area contributed by atoms with Crippen LogP contribution in [0.15, 0.2) is 5.10 Å².